The van der Waals surface area contributed by atoms with Gasteiger partial charge in [-0.1, -0.05) is 0 Å². The number of phenols is 1. The van der Waals surface area contributed by atoms with Gasteiger partial charge in [-0.3, -0.25) is 9.36 Å². The first-order chi connectivity index (χ1) is 10.2. The third kappa shape index (κ3) is 3.89. The van der Waals surface area contributed by atoms with E-state index in [0.717, 1.165) is 0 Å². The molecule has 0 amide bonds. The van der Waals surface area contributed by atoms with Gasteiger partial charge in [0.2, 0.25) is 34.8 Å². The van der Waals surface area contributed by atoms with Crippen molar-refractivity contribution in [3.63, 3.8) is 0 Å². The van der Waals surface area contributed by atoms with Crippen LogP contribution in [0.4, 0.5) is 17.6 Å². The number of benzene rings is 1. The molecule has 0 aromatic heterocycles. The average molecular weight is 345 g/mol. The van der Waals surface area contributed by atoms with E-state index in [9.17, 15) is 32.0 Å². The highest BCUT2D eigenvalue weighted by atomic mass is 31.1. The fourth-order valence-corrected chi connectivity index (χ4v) is 2.22. The lowest BCUT2D eigenvalue weighted by Gasteiger charge is -2.14. The van der Waals surface area contributed by atoms with Crippen LogP contribution in [0.15, 0.2) is 0 Å². The lowest BCUT2D eigenvalue weighted by atomic mass is 10.2. The maximum Gasteiger partial charge on any atom is 0.323 e. The first-order valence-electron chi connectivity index (χ1n) is 5.90. The van der Waals surface area contributed by atoms with Gasteiger partial charge in [-0.25, -0.2) is 13.9 Å². The second-order valence-electron chi connectivity index (χ2n) is 3.94. The van der Waals surface area contributed by atoms with Crippen LogP contribution in [-0.4, -0.2) is 23.7 Å². The van der Waals surface area contributed by atoms with Crippen molar-refractivity contribution in [3.8, 4) is 11.5 Å². The summed E-state index contributed by atoms with van der Waals surface area (Å²) in [4.78, 5) is 11.3. The quantitative estimate of drug-likeness (QED) is 0.270. The molecule has 0 bridgehead atoms. The van der Waals surface area contributed by atoms with E-state index in [-0.39, 0.29) is 6.61 Å². The summed E-state index contributed by atoms with van der Waals surface area (Å²) in [6, 6.07) is -1.13. The summed E-state index contributed by atoms with van der Waals surface area (Å²) in [5.41, 5.74) is 0. The number of rotatable bonds is 6. The summed E-state index contributed by atoms with van der Waals surface area (Å²) in [6.45, 7) is 2.82. The minimum Gasteiger partial charge on any atom is -0.502 e. The number of halogens is 4. The molecule has 0 aliphatic rings. The standard InChI is InChI=1S/C11H12F4NO5P/c1-3-20-11(18)4(2)16-22(19)21-10-8(15)6(13)5(12)7(14)9(10)17/h4,17,22H,3H2,1-2H3,(H,16,19)/t4-/m0/s1. The Hall–Kier alpha value is -1.80. The predicted octanol–water partition coefficient (Wildman–Crippen LogP) is 2.26. The molecule has 22 heavy (non-hydrogen) atoms. The van der Waals surface area contributed by atoms with Crippen LogP contribution in [0.2, 0.25) is 0 Å². The van der Waals surface area contributed by atoms with Gasteiger partial charge in [-0.05, 0) is 13.8 Å². The zero-order valence-electron chi connectivity index (χ0n) is 11.4. The predicted molar refractivity (Wildman–Crippen MR) is 66.8 cm³/mol. The Kier molecular flexibility index (Phi) is 6.19. The van der Waals surface area contributed by atoms with Crippen molar-refractivity contribution in [2.45, 2.75) is 19.9 Å². The second kappa shape index (κ2) is 7.46. The molecule has 6 nitrogen and oxygen atoms in total. The van der Waals surface area contributed by atoms with E-state index in [1.54, 1.807) is 0 Å². The molecule has 0 fully saturated rings. The zero-order valence-corrected chi connectivity index (χ0v) is 12.4. The van der Waals surface area contributed by atoms with Crippen LogP contribution in [-0.2, 0) is 14.1 Å². The highest BCUT2D eigenvalue weighted by Gasteiger charge is 2.28. The van der Waals surface area contributed by atoms with Gasteiger partial charge in [0.15, 0.2) is 0 Å². The van der Waals surface area contributed by atoms with Crippen LogP contribution >= 0.6 is 8.18 Å². The molecule has 1 aromatic carbocycles. The van der Waals surface area contributed by atoms with Crippen LogP contribution in [0.25, 0.3) is 0 Å². The Morgan fingerprint density at radius 1 is 1.23 bits per heavy atom. The van der Waals surface area contributed by atoms with Crippen molar-refractivity contribution in [1.82, 2.24) is 5.09 Å². The van der Waals surface area contributed by atoms with Gasteiger partial charge < -0.3 is 14.4 Å². The van der Waals surface area contributed by atoms with E-state index >= 15 is 0 Å². The summed E-state index contributed by atoms with van der Waals surface area (Å²) in [6.07, 6.45) is 0. The SMILES string of the molecule is CCOC(=O)[C@H](C)N[PH](=O)Oc1c(O)c(F)c(F)c(F)c1F. The van der Waals surface area contributed by atoms with Crippen LogP contribution in [0.5, 0.6) is 11.5 Å². The Morgan fingerprint density at radius 3 is 2.32 bits per heavy atom. The molecule has 0 aliphatic carbocycles. The van der Waals surface area contributed by atoms with Gasteiger partial charge in [0.25, 0.3) is 0 Å². The molecule has 1 rings (SSSR count). The van der Waals surface area contributed by atoms with Gasteiger partial charge in [-0.2, -0.15) is 8.78 Å². The van der Waals surface area contributed by atoms with E-state index in [2.05, 4.69) is 14.3 Å². The third-order valence-corrected chi connectivity index (χ3v) is 3.43. The number of ether oxygens (including phenoxy) is 1. The van der Waals surface area contributed by atoms with Crippen molar-refractivity contribution >= 4 is 14.1 Å². The Labute approximate surface area is 122 Å². The summed E-state index contributed by atoms with van der Waals surface area (Å²) in [7, 11) is -3.45. The van der Waals surface area contributed by atoms with E-state index < -0.39 is 55.0 Å². The summed E-state index contributed by atoms with van der Waals surface area (Å²) >= 11 is 0. The molecule has 0 heterocycles. The zero-order chi connectivity index (χ0) is 17.0. The Morgan fingerprint density at radius 2 is 1.77 bits per heavy atom. The van der Waals surface area contributed by atoms with Gasteiger partial charge in [-0.15, -0.1) is 0 Å². The maximum absolute atomic E-state index is 13.4. The van der Waals surface area contributed by atoms with Gasteiger partial charge >= 0.3 is 14.1 Å². The molecule has 2 atom stereocenters. The number of hydrogen-bond acceptors (Lipinski definition) is 5. The molecule has 0 aliphatic heterocycles. The lowest BCUT2D eigenvalue weighted by molar-refractivity contribution is -0.144. The van der Waals surface area contributed by atoms with Crippen molar-refractivity contribution in [3.05, 3.63) is 23.3 Å². The maximum atomic E-state index is 13.4. The van der Waals surface area contributed by atoms with Crippen LogP contribution < -0.4 is 9.61 Å². The minimum absolute atomic E-state index is 0.0520. The number of aromatic hydroxyl groups is 1. The molecule has 124 valence electrons. The molecule has 0 saturated heterocycles. The van der Waals surface area contributed by atoms with Gasteiger partial charge in [0.1, 0.15) is 6.04 Å². The Bertz CT molecular complexity index is 584. The monoisotopic (exact) mass is 345 g/mol. The van der Waals surface area contributed by atoms with Crippen molar-refractivity contribution in [1.29, 1.82) is 0 Å². The van der Waals surface area contributed by atoms with Gasteiger partial charge in [0, 0.05) is 0 Å². The molecular formula is C11H12F4NO5P. The summed E-state index contributed by atoms with van der Waals surface area (Å²) in [5.74, 6) is -12.6. The second-order valence-corrected chi connectivity index (χ2v) is 5.01. The van der Waals surface area contributed by atoms with Gasteiger partial charge in [0.05, 0.1) is 6.61 Å². The number of carbonyl (C=O) groups excluding carboxylic acids is 1. The lowest BCUT2D eigenvalue weighted by Crippen LogP contribution is -2.31. The fourth-order valence-electron chi connectivity index (χ4n) is 1.32. The average Bonchev–Trinajstić information content (AvgIpc) is 2.47. The molecule has 11 heteroatoms. The van der Waals surface area contributed by atoms with Crippen LogP contribution in [0.1, 0.15) is 13.8 Å². The molecule has 0 saturated carbocycles. The van der Waals surface area contributed by atoms with Crippen molar-refractivity contribution < 1.29 is 41.3 Å². The number of hydrogen-bond donors (Lipinski definition) is 2. The Balaban J connectivity index is 2.92. The normalized spacial score (nSPS) is 13.5. The minimum atomic E-state index is -3.45. The van der Waals surface area contributed by atoms with E-state index in [4.69, 9.17) is 0 Å². The van der Waals surface area contributed by atoms with E-state index in [1.807, 2.05) is 0 Å². The smallest absolute Gasteiger partial charge is 0.323 e. The highest BCUT2D eigenvalue weighted by molar-refractivity contribution is 7.37. The van der Waals surface area contributed by atoms with Crippen LogP contribution in [0.3, 0.4) is 0 Å². The van der Waals surface area contributed by atoms with Crippen LogP contribution in [0, 0.1) is 23.3 Å². The van der Waals surface area contributed by atoms with E-state index in [1.165, 1.54) is 13.8 Å². The molecule has 1 unspecified atom stereocenters. The summed E-state index contributed by atoms with van der Waals surface area (Å²) < 4.78 is 72.8. The molecular weight excluding hydrogens is 333 g/mol. The van der Waals surface area contributed by atoms with Crippen molar-refractivity contribution in [2.75, 3.05) is 6.61 Å². The number of phenolic OH excluding ortho intramolecular Hbond substituents is 1. The molecule has 0 spiro atoms. The van der Waals surface area contributed by atoms with Crippen molar-refractivity contribution in [2.24, 2.45) is 0 Å². The molecule has 1 aromatic rings. The van der Waals surface area contributed by atoms with E-state index in [0.29, 0.717) is 0 Å². The third-order valence-electron chi connectivity index (χ3n) is 2.37. The fraction of sp³-hybridized carbons (Fsp3) is 0.364. The number of nitrogens with one attached hydrogen (secondary N) is 1. The molecule has 0 radical (unpaired) electrons. The number of esters is 1. The largest absolute Gasteiger partial charge is 0.502 e. The number of carbonyl (C=O) groups is 1. The molecule has 2 N–H and O–H groups in total. The topological polar surface area (TPSA) is 84.9 Å². The first-order valence-corrected chi connectivity index (χ1v) is 7.22. The summed E-state index contributed by atoms with van der Waals surface area (Å²) in [5, 5.41) is 11.2. The highest BCUT2D eigenvalue weighted by Crippen LogP contribution is 2.39. The first kappa shape index (κ1) is 18.2.